The molecule has 1 aromatic carbocycles. The molecule has 1 aliphatic carbocycles. The molecule has 0 aromatic heterocycles. The maximum absolute atomic E-state index is 12.4. The molecule has 2 N–H and O–H groups in total. The molecule has 7 heteroatoms. The van der Waals surface area contributed by atoms with Crippen LogP contribution in [0.1, 0.15) is 31.2 Å². The summed E-state index contributed by atoms with van der Waals surface area (Å²) < 4.78 is 35.7. The van der Waals surface area contributed by atoms with Gasteiger partial charge in [0.1, 0.15) is 0 Å². The van der Waals surface area contributed by atoms with E-state index in [1.54, 1.807) is 0 Å². The Morgan fingerprint density at radius 2 is 1.80 bits per heavy atom. The summed E-state index contributed by atoms with van der Waals surface area (Å²) >= 11 is 0. The molecular formula is C18H29N3O3S. The minimum atomic E-state index is -3.45. The second kappa shape index (κ2) is 9.09. The van der Waals surface area contributed by atoms with Gasteiger partial charge in [-0.25, -0.2) is 4.72 Å². The molecule has 0 bridgehead atoms. The lowest BCUT2D eigenvalue weighted by molar-refractivity contribution is 0.0177. The number of hydrogen-bond acceptors (Lipinski definition) is 4. The fourth-order valence-electron chi connectivity index (χ4n) is 3.67. The van der Waals surface area contributed by atoms with E-state index in [1.165, 1.54) is 5.56 Å². The van der Waals surface area contributed by atoms with Crippen LogP contribution in [0.4, 0.5) is 0 Å². The van der Waals surface area contributed by atoms with Gasteiger partial charge < -0.3 is 4.74 Å². The summed E-state index contributed by atoms with van der Waals surface area (Å²) in [6.07, 6.45) is 4.93. The van der Waals surface area contributed by atoms with Crippen molar-refractivity contribution in [3.05, 3.63) is 35.9 Å². The summed E-state index contributed by atoms with van der Waals surface area (Å²) in [5, 5.41) is 0. The van der Waals surface area contributed by atoms with Crippen LogP contribution in [-0.4, -0.2) is 58.2 Å². The van der Waals surface area contributed by atoms with Gasteiger partial charge in [0.2, 0.25) is 0 Å². The zero-order chi connectivity index (χ0) is 17.5. The molecule has 1 aliphatic heterocycles. The molecule has 1 unspecified atom stereocenters. The highest BCUT2D eigenvalue weighted by atomic mass is 32.2. The van der Waals surface area contributed by atoms with E-state index in [2.05, 4.69) is 26.5 Å². The van der Waals surface area contributed by atoms with Crippen LogP contribution in [0, 0.1) is 0 Å². The quantitative estimate of drug-likeness (QED) is 0.727. The minimum absolute atomic E-state index is 0.0912. The van der Waals surface area contributed by atoms with Crippen LogP contribution in [0.15, 0.2) is 30.3 Å². The lowest BCUT2D eigenvalue weighted by Gasteiger charge is -2.34. The Morgan fingerprint density at radius 3 is 2.48 bits per heavy atom. The summed E-state index contributed by atoms with van der Waals surface area (Å²) in [6, 6.07) is 10.5. The third-order valence-electron chi connectivity index (χ3n) is 5.06. The zero-order valence-corrected chi connectivity index (χ0v) is 15.5. The molecular weight excluding hydrogens is 338 g/mol. The maximum atomic E-state index is 12.4. The van der Waals surface area contributed by atoms with Crippen molar-refractivity contribution >= 4 is 10.2 Å². The molecule has 140 valence electrons. The maximum Gasteiger partial charge on any atom is 0.277 e. The van der Waals surface area contributed by atoms with E-state index in [9.17, 15) is 8.42 Å². The Bertz CT molecular complexity index is 612. The molecule has 1 heterocycles. The Kier molecular flexibility index (Phi) is 6.84. The number of hydrogen-bond donors (Lipinski definition) is 2. The smallest absolute Gasteiger partial charge is 0.277 e. The van der Waals surface area contributed by atoms with Crippen LogP contribution in [0.3, 0.4) is 0 Å². The van der Waals surface area contributed by atoms with Crippen LogP contribution in [0.25, 0.3) is 0 Å². The second-order valence-corrected chi connectivity index (χ2v) is 8.47. The van der Waals surface area contributed by atoms with Gasteiger partial charge >= 0.3 is 0 Å². The van der Waals surface area contributed by atoms with Crippen molar-refractivity contribution in [1.29, 1.82) is 0 Å². The van der Waals surface area contributed by atoms with Gasteiger partial charge in [0.05, 0.1) is 13.2 Å². The van der Waals surface area contributed by atoms with Gasteiger partial charge in [-0.2, -0.15) is 13.1 Å². The first kappa shape index (κ1) is 18.8. The van der Waals surface area contributed by atoms with E-state index in [0.717, 1.165) is 45.2 Å². The number of ether oxygens (including phenoxy) is 1. The van der Waals surface area contributed by atoms with E-state index in [-0.39, 0.29) is 12.1 Å². The lowest BCUT2D eigenvalue weighted by Crippen LogP contribution is -2.52. The van der Waals surface area contributed by atoms with Crippen LogP contribution in [0.2, 0.25) is 0 Å². The van der Waals surface area contributed by atoms with E-state index < -0.39 is 10.2 Å². The molecule has 3 rings (SSSR count). The molecule has 0 radical (unpaired) electrons. The largest absolute Gasteiger partial charge is 0.379 e. The molecule has 1 atom stereocenters. The molecule has 1 saturated heterocycles. The van der Waals surface area contributed by atoms with Crippen molar-refractivity contribution in [3.8, 4) is 0 Å². The highest BCUT2D eigenvalue weighted by Gasteiger charge is 2.25. The third kappa shape index (κ3) is 6.04. The van der Waals surface area contributed by atoms with Crippen molar-refractivity contribution in [2.45, 2.75) is 44.2 Å². The van der Waals surface area contributed by atoms with Gasteiger partial charge in [-0.15, -0.1) is 0 Å². The number of nitrogens with one attached hydrogen (secondary N) is 2. The first-order chi connectivity index (χ1) is 12.1. The fourth-order valence-corrected chi connectivity index (χ4v) is 4.84. The monoisotopic (exact) mass is 367 g/mol. The first-order valence-electron chi connectivity index (χ1n) is 9.25. The average Bonchev–Trinajstić information content (AvgIpc) is 3.12. The SMILES string of the molecule is O=S(=O)(NCC(Cc1ccccc1)N1CCOCC1)NC1CCCC1. The van der Waals surface area contributed by atoms with Crippen molar-refractivity contribution < 1.29 is 13.2 Å². The highest BCUT2D eigenvalue weighted by Crippen LogP contribution is 2.18. The third-order valence-corrected chi connectivity index (χ3v) is 6.25. The number of benzene rings is 1. The second-order valence-electron chi connectivity index (χ2n) is 6.94. The number of nitrogens with zero attached hydrogens (tertiary/aromatic N) is 1. The Balaban J connectivity index is 1.60. The minimum Gasteiger partial charge on any atom is -0.379 e. The topological polar surface area (TPSA) is 70.7 Å². The fraction of sp³-hybridized carbons (Fsp3) is 0.667. The van der Waals surface area contributed by atoms with Gasteiger partial charge in [-0.1, -0.05) is 43.2 Å². The van der Waals surface area contributed by atoms with Crippen LogP contribution in [0.5, 0.6) is 0 Å². The molecule has 6 nitrogen and oxygen atoms in total. The normalized spacial score (nSPS) is 21.4. The van der Waals surface area contributed by atoms with Crippen LogP contribution >= 0.6 is 0 Å². The van der Waals surface area contributed by atoms with Crippen LogP contribution in [-0.2, 0) is 21.4 Å². The van der Waals surface area contributed by atoms with Crippen molar-refractivity contribution in [2.75, 3.05) is 32.8 Å². The molecule has 1 aromatic rings. The Morgan fingerprint density at radius 1 is 1.12 bits per heavy atom. The zero-order valence-electron chi connectivity index (χ0n) is 14.7. The average molecular weight is 368 g/mol. The number of morpholine rings is 1. The summed E-state index contributed by atoms with van der Waals surface area (Å²) in [7, 11) is -3.45. The van der Waals surface area contributed by atoms with Gasteiger partial charge in [0, 0.05) is 31.7 Å². The van der Waals surface area contributed by atoms with Gasteiger partial charge in [-0.3, -0.25) is 4.90 Å². The lowest BCUT2D eigenvalue weighted by atomic mass is 10.0. The predicted molar refractivity (Wildman–Crippen MR) is 98.6 cm³/mol. The molecule has 0 amide bonds. The summed E-state index contributed by atoms with van der Waals surface area (Å²) in [5.74, 6) is 0. The Labute approximate surface area is 151 Å². The van der Waals surface area contributed by atoms with Crippen molar-refractivity contribution in [1.82, 2.24) is 14.3 Å². The predicted octanol–water partition coefficient (Wildman–Crippen LogP) is 1.30. The van der Waals surface area contributed by atoms with E-state index >= 15 is 0 Å². The van der Waals surface area contributed by atoms with Gasteiger partial charge in [0.25, 0.3) is 10.2 Å². The van der Waals surface area contributed by atoms with Gasteiger partial charge in [-0.05, 0) is 24.8 Å². The molecule has 25 heavy (non-hydrogen) atoms. The molecule has 2 aliphatic rings. The summed E-state index contributed by atoms with van der Waals surface area (Å²) in [4.78, 5) is 2.33. The molecule has 0 spiro atoms. The van der Waals surface area contributed by atoms with Crippen molar-refractivity contribution in [2.24, 2.45) is 0 Å². The van der Waals surface area contributed by atoms with E-state index in [0.29, 0.717) is 19.8 Å². The van der Waals surface area contributed by atoms with Crippen LogP contribution < -0.4 is 9.44 Å². The van der Waals surface area contributed by atoms with Gasteiger partial charge in [0.15, 0.2) is 0 Å². The first-order valence-corrected chi connectivity index (χ1v) is 10.7. The summed E-state index contributed by atoms with van der Waals surface area (Å²) in [6.45, 7) is 3.51. The van der Waals surface area contributed by atoms with E-state index in [1.807, 2.05) is 18.2 Å². The number of rotatable bonds is 8. The van der Waals surface area contributed by atoms with Crippen molar-refractivity contribution in [3.63, 3.8) is 0 Å². The highest BCUT2D eigenvalue weighted by molar-refractivity contribution is 7.87. The molecule has 1 saturated carbocycles. The Hall–Kier alpha value is -0.990. The molecule has 2 fully saturated rings. The summed E-state index contributed by atoms with van der Waals surface area (Å²) in [5.41, 5.74) is 1.22. The standard InChI is InChI=1S/C18H29N3O3S/c22-25(23,20-17-8-4-5-9-17)19-15-18(21-10-12-24-13-11-21)14-16-6-2-1-3-7-16/h1-3,6-7,17-20H,4-5,8-15H2. The van der Waals surface area contributed by atoms with E-state index in [4.69, 9.17) is 4.74 Å².